The molecule has 2 aromatic heterocycles. The van der Waals surface area contributed by atoms with E-state index in [1.807, 2.05) is 37.4 Å². The molecule has 0 amide bonds. The van der Waals surface area contributed by atoms with Gasteiger partial charge in [-0.2, -0.15) is 0 Å². The zero-order valence-electron chi connectivity index (χ0n) is 25.3. The van der Waals surface area contributed by atoms with E-state index in [9.17, 15) is 0 Å². The molecular formula is C32H43N7O3S. The Kier molecular flexibility index (Phi) is 9.84. The van der Waals surface area contributed by atoms with Crippen LogP contribution in [0.5, 0.6) is 5.75 Å². The molecule has 0 spiro atoms. The molecule has 10 nitrogen and oxygen atoms in total. The van der Waals surface area contributed by atoms with Crippen LogP contribution in [0.4, 0.5) is 11.6 Å². The minimum Gasteiger partial charge on any atom is -0.492 e. The van der Waals surface area contributed by atoms with Crippen LogP contribution in [0.15, 0.2) is 47.6 Å². The number of likely N-dealkylation sites (tertiary alicyclic amines) is 1. The maximum absolute atomic E-state index is 6.21. The van der Waals surface area contributed by atoms with Crippen molar-refractivity contribution < 1.29 is 14.3 Å². The number of aliphatic imine (C=N–C) groups is 1. The van der Waals surface area contributed by atoms with Crippen molar-refractivity contribution in [3.63, 3.8) is 0 Å². The van der Waals surface area contributed by atoms with Crippen molar-refractivity contribution in [2.45, 2.75) is 51.7 Å². The highest BCUT2D eigenvalue weighted by Gasteiger charge is 2.39. The van der Waals surface area contributed by atoms with Crippen LogP contribution < -0.4 is 15.5 Å². The first-order valence-corrected chi connectivity index (χ1v) is 16.4. The predicted molar refractivity (Wildman–Crippen MR) is 171 cm³/mol. The van der Waals surface area contributed by atoms with E-state index in [4.69, 9.17) is 24.3 Å². The first-order chi connectivity index (χ1) is 21.1. The van der Waals surface area contributed by atoms with Crippen LogP contribution in [-0.2, 0) is 9.57 Å². The van der Waals surface area contributed by atoms with Crippen LogP contribution in [0, 0.1) is 6.92 Å². The Labute approximate surface area is 258 Å². The molecule has 1 atom stereocenters. The number of rotatable bonds is 13. The van der Waals surface area contributed by atoms with Gasteiger partial charge in [-0.3, -0.25) is 9.80 Å². The van der Waals surface area contributed by atoms with E-state index in [0.29, 0.717) is 12.6 Å². The van der Waals surface area contributed by atoms with Gasteiger partial charge in [0, 0.05) is 37.9 Å². The molecule has 0 bridgehead atoms. The number of thiophene rings is 1. The molecule has 2 saturated heterocycles. The lowest BCUT2D eigenvalue weighted by molar-refractivity contribution is -0.0907. The van der Waals surface area contributed by atoms with Gasteiger partial charge in [-0.1, -0.05) is 13.3 Å². The van der Waals surface area contributed by atoms with E-state index in [-0.39, 0.29) is 0 Å². The number of aromatic nitrogens is 2. The third kappa shape index (κ3) is 7.71. The van der Waals surface area contributed by atoms with Crippen molar-refractivity contribution >= 4 is 28.8 Å². The lowest BCUT2D eigenvalue weighted by atomic mass is 10.1. The van der Waals surface area contributed by atoms with E-state index in [0.717, 1.165) is 96.9 Å². The van der Waals surface area contributed by atoms with Crippen molar-refractivity contribution in [2.75, 3.05) is 64.4 Å². The number of anilines is 2. The normalized spacial score (nSPS) is 21.1. The maximum Gasteiger partial charge on any atom is 0.227 e. The van der Waals surface area contributed by atoms with Gasteiger partial charge in [0.05, 0.1) is 35.2 Å². The number of hydrogen-bond acceptors (Lipinski definition) is 11. The highest BCUT2D eigenvalue weighted by Crippen LogP contribution is 2.33. The van der Waals surface area contributed by atoms with Crippen LogP contribution in [0.2, 0.25) is 0 Å². The van der Waals surface area contributed by atoms with Crippen molar-refractivity contribution in [3.8, 4) is 16.3 Å². The summed E-state index contributed by atoms with van der Waals surface area (Å²) in [5, 5.41) is 3.35. The molecule has 2 N–H and O–H groups in total. The Morgan fingerprint density at radius 1 is 1.02 bits per heavy atom. The van der Waals surface area contributed by atoms with Gasteiger partial charge in [0.25, 0.3) is 0 Å². The Bertz CT molecular complexity index is 1370. The molecule has 5 heterocycles. The van der Waals surface area contributed by atoms with Crippen molar-refractivity contribution in [2.24, 2.45) is 4.99 Å². The third-order valence-corrected chi connectivity index (χ3v) is 9.28. The van der Waals surface area contributed by atoms with Gasteiger partial charge in [-0.25, -0.2) is 25.3 Å². The number of unbranched alkanes of at least 4 members (excludes halogenated alkanes) is 1. The van der Waals surface area contributed by atoms with Gasteiger partial charge in [-0.15, -0.1) is 11.3 Å². The first-order valence-electron chi connectivity index (χ1n) is 15.6. The van der Waals surface area contributed by atoms with Crippen molar-refractivity contribution in [1.29, 1.82) is 0 Å². The van der Waals surface area contributed by atoms with Crippen LogP contribution in [0.3, 0.4) is 0 Å². The molecular weight excluding hydrogens is 562 g/mol. The first kappa shape index (κ1) is 30.0. The van der Waals surface area contributed by atoms with E-state index in [1.54, 1.807) is 11.3 Å². The molecule has 0 saturated carbocycles. The van der Waals surface area contributed by atoms with Crippen LogP contribution in [-0.4, -0.2) is 90.4 Å². The number of ether oxygens (including phenoxy) is 2. The number of aryl methyl sites for hydroxylation is 1. The summed E-state index contributed by atoms with van der Waals surface area (Å²) in [6, 6.07) is 12.2. The van der Waals surface area contributed by atoms with Gasteiger partial charge < -0.3 is 14.8 Å². The van der Waals surface area contributed by atoms with Gasteiger partial charge in [-0.05, 0) is 81.2 Å². The smallest absolute Gasteiger partial charge is 0.227 e. The summed E-state index contributed by atoms with van der Waals surface area (Å²) in [6.45, 7) is 12.4. The number of nitrogens with one attached hydrogen (secondary N) is 2. The molecule has 3 aliphatic rings. The topological polar surface area (TPSA) is 96.4 Å². The Hall–Kier alpha value is -3.09. The highest BCUT2D eigenvalue weighted by molar-refractivity contribution is 7.17. The SMILES string of the molecule is CCCCC1(CN2CCOCC2)N=C(c2ccc(-c3nc(Nc4ccc(OCCN5CCCC5)cc4)ncc3C)s2)NO1. The highest BCUT2D eigenvalue weighted by atomic mass is 32.1. The minimum absolute atomic E-state index is 0.557. The Morgan fingerprint density at radius 2 is 1.81 bits per heavy atom. The quantitative estimate of drug-likeness (QED) is 0.271. The minimum atomic E-state index is -0.580. The molecule has 3 aromatic rings. The zero-order valence-corrected chi connectivity index (χ0v) is 26.1. The van der Waals surface area contributed by atoms with Crippen molar-refractivity contribution in [1.82, 2.24) is 25.2 Å². The third-order valence-electron chi connectivity index (χ3n) is 8.18. The number of nitrogens with zero attached hydrogens (tertiary/aromatic N) is 5. The van der Waals surface area contributed by atoms with Crippen molar-refractivity contribution in [3.05, 3.63) is 53.0 Å². The summed E-state index contributed by atoms with van der Waals surface area (Å²) < 4.78 is 11.5. The maximum atomic E-state index is 6.21. The van der Waals surface area contributed by atoms with Crippen LogP contribution >= 0.6 is 11.3 Å². The fourth-order valence-electron chi connectivity index (χ4n) is 5.72. The molecule has 1 aromatic carbocycles. The van der Waals surface area contributed by atoms with E-state index >= 15 is 0 Å². The second-order valence-electron chi connectivity index (χ2n) is 11.5. The standard InChI is InChI=1S/C32H43N7O3S/c1-3-4-13-32(23-39-16-19-40-20-17-39)36-30(37-42-32)28-12-11-27(43-28)29-24(2)22-33-31(35-29)34-25-7-9-26(10-8-25)41-21-18-38-14-5-6-15-38/h7-12,22H,3-6,13-21,23H2,1-2H3,(H,36,37)(H,33,34,35). The average Bonchev–Trinajstić information content (AvgIpc) is 3.81. The second-order valence-corrected chi connectivity index (χ2v) is 12.6. The summed E-state index contributed by atoms with van der Waals surface area (Å²) in [4.78, 5) is 27.7. The summed E-state index contributed by atoms with van der Waals surface area (Å²) in [6.07, 6.45) is 7.50. The monoisotopic (exact) mass is 605 g/mol. The summed E-state index contributed by atoms with van der Waals surface area (Å²) in [5.74, 6) is 2.22. The molecule has 0 aliphatic carbocycles. The zero-order chi connectivity index (χ0) is 29.5. The summed E-state index contributed by atoms with van der Waals surface area (Å²) in [5.41, 5.74) is 5.42. The number of amidine groups is 1. The summed E-state index contributed by atoms with van der Waals surface area (Å²) in [7, 11) is 0. The largest absolute Gasteiger partial charge is 0.492 e. The van der Waals surface area contributed by atoms with Crippen LogP contribution in [0.1, 0.15) is 49.5 Å². The lowest BCUT2D eigenvalue weighted by Gasteiger charge is -2.33. The number of hydrogen-bond donors (Lipinski definition) is 2. The Balaban J connectivity index is 1.11. The van der Waals surface area contributed by atoms with E-state index in [1.165, 1.54) is 25.9 Å². The number of benzene rings is 1. The lowest BCUT2D eigenvalue weighted by Crippen LogP contribution is -2.47. The molecule has 43 heavy (non-hydrogen) atoms. The predicted octanol–water partition coefficient (Wildman–Crippen LogP) is 5.23. The molecule has 2 fully saturated rings. The molecule has 11 heteroatoms. The molecule has 6 rings (SSSR count). The fourth-order valence-corrected chi connectivity index (χ4v) is 6.72. The van der Waals surface area contributed by atoms with Gasteiger partial charge in [0.1, 0.15) is 12.4 Å². The van der Waals surface area contributed by atoms with Crippen LogP contribution in [0.25, 0.3) is 10.6 Å². The molecule has 0 radical (unpaired) electrons. The summed E-state index contributed by atoms with van der Waals surface area (Å²) >= 11 is 1.66. The number of morpholine rings is 1. The van der Waals surface area contributed by atoms with Gasteiger partial charge in [0.15, 0.2) is 11.6 Å². The molecule has 1 unspecified atom stereocenters. The van der Waals surface area contributed by atoms with Gasteiger partial charge in [0.2, 0.25) is 5.95 Å². The average molecular weight is 606 g/mol. The van der Waals surface area contributed by atoms with E-state index in [2.05, 4.69) is 44.6 Å². The van der Waals surface area contributed by atoms with Gasteiger partial charge >= 0.3 is 0 Å². The second kappa shape index (κ2) is 14.1. The fraction of sp³-hybridized carbons (Fsp3) is 0.531. The van der Waals surface area contributed by atoms with E-state index < -0.39 is 5.72 Å². The Morgan fingerprint density at radius 3 is 2.60 bits per heavy atom. The molecule has 3 aliphatic heterocycles. The number of hydroxylamine groups is 1. The molecule has 230 valence electrons.